The summed E-state index contributed by atoms with van der Waals surface area (Å²) in [6, 6.07) is 0. The molecule has 0 heterocycles. The Morgan fingerprint density at radius 3 is 1.36 bits per heavy atom. The topological polar surface area (TPSA) is 26.3 Å². The lowest BCUT2D eigenvalue weighted by molar-refractivity contribution is -0.910. The number of quaternary nitrogens is 1. The molecule has 84 valence electrons. The van der Waals surface area contributed by atoms with Crippen LogP contribution in [0.5, 0.6) is 0 Å². The molecule has 5 heteroatoms. The summed E-state index contributed by atoms with van der Waals surface area (Å²) < 4.78 is 0.551. The summed E-state index contributed by atoms with van der Waals surface area (Å²) in [5.74, 6) is -0.169. The number of hydroxylamine groups is 1. The molecule has 0 fully saturated rings. The highest BCUT2D eigenvalue weighted by atomic mass is 28.4. The Morgan fingerprint density at radius 2 is 1.29 bits per heavy atom. The van der Waals surface area contributed by atoms with Crippen molar-refractivity contribution in [1.82, 2.24) is 0 Å². The normalized spacial score (nSPS) is 14.0. The first-order valence-corrected chi connectivity index (χ1v) is 11.9. The van der Waals surface area contributed by atoms with Gasteiger partial charge in [-0.2, -0.15) is 0 Å². The summed E-state index contributed by atoms with van der Waals surface area (Å²) in [5, 5.41) is 0. The summed E-state index contributed by atoms with van der Waals surface area (Å²) in [6.07, 6.45) is 0. The molecular formula is C9H24NO2Si2+. The zero-order chi connectivity index (χ0) is 11.8. The van der Waals surface area contributed by atoms with Crippen LogP contribution >= 0.6 is 0 Å². The Labute approximate surface area is 89.8 Å². The minimum absolute atomic E-state index is 0.169. The molecule has 0 spiro atoms. The predicted molar refractivity (Wildman–Crippen MR) is 64.6 cm³/mol. The zero-order valence-electron chi connectivity index (χ0n) is 10.8. The van der Waals surface area contributed by atoms with Crippen LogP contribution in [-0.2, 0) is 9.63 Å². The van der Waals surface area contributed by atoms with Gasteiger partial charge in [-0.25, -0.2) is 8.77 Å². The van der Waals surface area contributed by atoms with Crippen molar-refractivity contribution in [1.29, 1.82) is 0 Å². The highest BCUT2D eigenvalue weighted by Gasteiger charge is 2.53. The van der Waals surface area contributed by atoms with E-state index in [0.29, 0.717) is 3.98 Å². The van der Waals surface area contributed by atoms with E-state index in [-0.39, 0.29) is 5.97 Å². The van der Waals surface area contributed by atoms with Crippen LogP contribution in [0.1, 0.15) is 6.92 Å². The van der Waals surface area contributed by atoms with Gasteiger partial charge in [-0.3, -0.25) is 0 Å². The van der Waals surface area contributed by atoms with Crippen LogP contribution in [0.4, 0.5) is 0 Å². The van der Waals surface area contributed by atoms with Crippen LogP contribution in [0.25, 0.3) is 0 Å². The Balaban J connectivity index is 5.18. The van der Waals surface area contributed by atoms with Gasteiger partial charge in [0.15, 0.2) is 0 Å². The van der Waals surface area contributed by atoms with E-state index in [4.69, 9.17) is 4.84 Å². The molecule has 0 aromatic rings. The lowest BCUT2D eigenvalue weighted by Crippen LogP contribution is -2.72. The lowest BCUT2D eigenvalue weighted by atomic mass is 10.8. The molecule has 14 heavy (non-hydrogen) atoms. The van der Waals surface area contributed by atoms with Gasteiger partial charge < -0.3 is 4.84 Å². The van der Waals surface area contributed by atoms with Crippen LogP contribution in [0, 0.1) is 0 Å². The van der Waals surface area contributed by atoms with Gasteiger partial charge in [-0.15, -0.1) is 0 Å². The molecule has 0 unspecified atom stereocenters. The number of hydrogen-bond acceptors (Lipinski definition) is 2. The predicted octanol–water partition coefficient (Wildman–Crippen LogP) is 2.58. The van der Waals surface area contributed by atoms with Crippen molar-refractivity contribution < 1.29 is 13.6 Å². The van der Waals surface area contributed by atoms with Crippen molar-refractivity contribution >= 4 is 22.4 Å². The van der Waals surface area contributed by atoms with Gasteiger partial charge in [-0.05, 0) is 39.3 Å². The molecule has 0 saturated heterocycles. The summed E-state index contributed by atoms with van der Waals surface area (Å²) in [6.45, 7) is 15.0. The molecule has 0 bridgehead atoms. The minimum Gasteiger partial charge on any atom is -0.314 e. The minimum atomic E-state index is -1.55. The maximum Gasteiger partial charge on any atom is 0.358 e. The van der Waals surface area contributed by atoms with Crippen molar-refractivity contribution in [2.45, 2.75) is 46.2 Å². The first-order valence-electron chi connectivity index (χ1n) is 4.99. The second kappa shape index (κ2) is 3.79. The smallest absolute Gasteiger partial charge is 0.314 e. The molecule has 0 aliphatic heterocycles. The molecule has 0 N–H and O–H groups in total. The molecule has 0 aliphatic carbocycles. The Kier molecular flexibility index (Phi) is 3.75. The number of hydrogen-bond donors (Lipinski definition) is 0. The van der Waals surface area contributed by atoms with Crippen LogP contribution in [0.3, 0.4) is 0 Å². The third-order valence-electron chi connectivity index (χ3n) is 2.87. The summed E-state index contributed by atoms with van der Waals surface area (Å²) in [4.78, 5) is 16.7. The van der Waals surface area contributed by atoms with Crippen molar-refractivity contribution in [2.24, 2.45) is 0 Å². The largest absolute Gasteiger partial charge is 0.358 e. The fourth-order valence-electron chi connectivity index (χ4n) is 1.54. The second-order valence-electron chi connectivity index (χ2n) is 5.85. The fraction of sp³-hybridized carbons (Fsp3) is 0.889. The fourth-order valence-corrected chi connectivity index (χ4v) is 10.4. The molecule has 0 aromatic carbocycles. The van der Waals surface area contributed by atoms with Gasteiger partial charge in [0, 0.05) is 6.92 Å². The van der Waals surface area contributed by atoms with Gasteiger partial charge in [0.1, 0.15) is 0 Å². The van der Waals surface area contributed by atoms with E-state index >= 15 is 0 Å². The Morgan fingerprint density at radius 1 is 1.00 bits per heavy atom. The third kappa shape index (κ3) is 2.68. The monoisotopic (exact) mass is 234 g/mol. The Bertz CT molecular complexity index is 214. The van der Waals surface area contributed by atoms with Gasteiger partial charge in [0.05, 0.1) is 7.05 Å². The molecule has 0 saturated carbocycles. The maximum atomic E-state index is 11.2. The van der Waals surface area contributed by atoms with Crippen LogP contribution < -0.4 is 0 Å². The molecule has 0 radical (unpaired) electrons. The van der Waals surface area contributed by atoms with Crippen molar-refractivity contribution in [2.75, 3.05) is 7.05 Å². The van der Waals surface area contributed by atoms with E-state index in [1.54, 1.807) is 0 Å². The van der Waals surface area contributed by atoms with E-state index in [0.717, 1.165) is 0 Å². The number of carbonyl (C=O) groups excluding carboxylic acids is 1. The highest BCUT2D eigenvalue weighted by Crippen LogP contribution is 2.28. The van der Waals surface area contributed by atoms with Gasteiger partial charge in [-0.1, -0.05) is 0 Å². The number of carbonyl (C=O) groups is 1. The average Bonchev–Trinajstić information content (AvgIpc) is 1.79. The van der Waals surface area contributed by atoms with Crippen molar-refractivity contribution in [3.63, 3.8) is 0 Å². The summed E-state index contributed by atoms with van der Waals surface area (Å²) in [7, 11) is -1.04. The van der Waals surface area contributed by atoms with Gasteiger partial charge >= 0.3 is 5.97 Å². The van der Waals surface area contributed by atoms with E-state index in [1.807, 2.05) is 0 Å². The standard InChI is InChI=1S/C9H24NO2Si2/c1-9(11)12-10(2,13(3,4)5)14(6,7)8/h1-8H3/q+1. The van der Waals surface area contributed by atoms with Crippen molar-refractivity contribution in [3.8, 4) is 0 Å². The number of nitrogens with zero attached hydrogens (tertiary/aromatic N) is 1. The highest BCUT2D eigenvalue weighted by molar-refractivity contribution is 6.81. The first-order chi connectivity index (χ1) is 5.92. The molecule has 0 rings (SSSR count). The maximum absolute atomic E-state index is 11.2. The average molecular weight is 234 g/mol. The van der Waals surface area contributed by atoms with E-state index in [1.165, 1.54) is 6.92 Å². The van der Waals surface area contributed by atoms with Crippen molar-refractivity contribution in [3.05, 3.63) is 0 Å². The molecule has 0 atom stereocenters. The summed E-state index contributed by atoms with van der Waals surface area (Å²) in [5.41, 5.74) is 0. The van der Waals surface area contributed by atoms with E-state index in [9.17, 15) is 4.79 Å². The Hall–Kier alpha value is -0.136. The molecule has 0 amide bonds. The molecule has 0 aromatic heterocycles. The molecule has 3 nitrogen and oxygen atoms in total. The van der Waals surface area contributed by atoms with Crippen LogP contribution in [-0.4, -0.2) is 33.5 Å². The number of rotatable bonds is 3. The molecule has 0 aliphatic rings. The quantitative estimate of drug-likeness (QED) is 0.554. The second-order valence-corrected chi connectivity index (χ2v) is 16.7. The lowest BCUT2D eigenvalue weighted by Gasteiger charge is -2.49. The SMILES string of the molecule is CC(=O)O[N+](C)([Si](C)(C)C)[Si](C)(C)C. The zero-order valence-corrected chi connectivity index (χ0v) is 12.8. The molecular weight excluding hydrogens is 210 g/mol. The third-order valence-corrected chi connectivity index (χ3v) is 12.2. The van der Waals surface area contributed by atoms with Crippen LogP contribution in [0.2, 0.25) is 39.3 Å². The van der Waals surface area contributed by atoms with E-state index in [2.05, 4.69) is 46.3 Å². The first kappa shape index (κ1) is 13.9. The van der Waals surface area contributed by atoms with E-state index < -0.39 is 16.5 Å². The van der Waals surface area contributed by atoms with Gasteiger partial charge in [0.2, 0.25) is 0 Å². The summed E-state index contributed by atoms with van der Waals surface area (Å²) >= 11 is 0. The van der Waals surface area contributed by atoms with Crippen LogP contribution in [0.15, 0.2) is 0 Å². The van der Waals surface area contributed by atoms with Gasteiger partial charge in [0.25, 0.3) is 16.5 Å².